The number of anilines is 1. The number of carboxylic acids is 1. The van der Waals surface area contributed by atoms with Crippen LogP contribution in [0.2, 0.25) is 0 Å². The number of aliphatic carboxylic acids is 1. The number of nitrogens with zero attached hydrogens (tertiary/aromatic N) is 2. The topological polar surface area (TPSA) is 86.3 Å². The second kappa shape index (κ2) is 5.20. The molecular weight excluding hydrogens is 234 g/mol. The van der Waals surface area contributed by atoms with Gasteiger partial charge in [0, 0.05) is 19.0 Å². The summed E-state index contributed by atoms with van der Waals surface area (Å²) in [5, 5.41) is 9.24. The van der Waals surface area contributed by atoms with Crippen molar-refractivity contribution in [3.05, 3.63) is 22.2 Å². The fourth-order valence-electron chi connectivity index (χ4n) is 1.76. The summed E-state index contributed by atoms with van der Waals surface area (Å²) < 4.78 is 0. The van der Waals surface area contributed by atoms with Crippen molar-refractivity contribution < 1.29 is 9.90 Å². The largest absolute Gasteiger partial charge is 0.480 e. The van der Waals surface area contributed by atoms with Gasteiger partial charge in [0.15, 0.2) is 0 Å². The van der Waals surface area contributed by atoms with Crippen LogP contribution in [0.5, 0.6) is 0 Å². The van der Waals surface area contributed by atoms with Crippen molar-refractivity contribution in [1.29, 1.82) is 0 Å². The Morgan fingerprint density at radius 1 is 1.50 bits per heavy atom. The summed E-state index contributed by atoms with van der Waals surface area (Å²) in [6.07, 6.45) is 0.591. The predicted molar refractivity (Wildman–Crippen MR) is 69.0 cm³/mol. The van der Waals surface area contributed by atoms with E-state index in [0.29, 0.717) is 24.6 Å². The molecule has 0 aromatic carbocycles. The lowest BCUT2D eigenvalue weighted by atomic mass is 10.0. The lowest BCUT2D eigenvalue weighted by Crippen LogP contribution is -2.51. The molecule has 0 aliphatic carbocycles. The third-order valence-electron chi connectivity index (χ3n) is 2.90. The molecular formula is C12H19N3O3. The number of aryl methyl sites for hydroxylation is 1. The standard InChI is InChI=1S/C12H19N3O3/c1-5-8-13-9(7-10(16)14-8)15(6-2)12(3,4)11(17)18/h7H,5-6H2,1-4H3,(H,17,18)(H,13,14,16). The Morgan fingerprint density at radius 3 is 2.56 bits per heavy atom. The first kappa shape index (κ1) is 14.2. The molecule has 0 bridgehead atoms. The first-order valence-corrected chi connectivity index (χ1v) is 5.94. The van der Waals surface area contributed by atoms with Crippen LogP contribution in [0.4, 0.5) is 5.82 Å². The number of nitrogens with one attached hydrogen (secondary N) is 1. The van der Waals surface area contributed by atoms with Crippen LogP contribution in [-0.4, -0.2) is 33.1 Å². The molecule has 6 heteroatoms. The minimum absolute atomic E-state index is 0.267. The van der Waals surface area contributed by atoms with E-state index in [0.717, 1.165) is 0 Å². The molecule has 0 aliphatic heterocycles. The number of carbonyl (C=O) groups is 1. The first-order chi connectivity index (χ1) is 8.32. The maximum atomic E-state index is 11.5. The first-order valence-electron chi connectivity index (χ1n) is 5.94. The van der Waals surface area contributed by atoms with E-state index in [1.165, 1.54) is 6.07 Å². The molecule has 2 N–H and O–H groups in total. The van der Waals surface area contributed by atoms with E-state index in [-0.39, 0.29) is 5.56 Å². The lowest BCUT2D eigenvalue weighted by molar-refractivity contribution is -0.142. The number of carboxylic acid groups (broad SMARTS) is 1. The summed E-state index contributed by atoms with van der Waals surface area (Å²) in [5.74, 6) is -0.00730. The summed E-state index contributed by atoms with van der Waals surface area (Å²) in [6, 6.07) is 1.33. The predicted octanol–water partition coefficient (Wildman–Crippen LogP) is 1.02. The van der Waals surface area contributed by atoms with Crippen molar-refractivity contribution in [2.75, 3.05) is 11.4 Å². The second-order valence-corrected chi connectivity index (χ2v) is 4.51. The normalized spacial score (nSPS) is 11.3. The van der Waals surface area contributed by atoms with Crippen LogP contribution in [0.25, 0.3) is 0 Å². The summed E-state index contributed by atoms with van der Waals surface area (Å²) in [7, 11) is 0. The number of hydrogen-bond donors (Lipinski definition) is 2. The number of aromatic nitrogens is 2. The van der Waals surface area contributed by atoms with Gasteiger partial charge in [0.2, 0.25) is 0 Å². The lowest BCUT2D eigenvalue weighted by Gasteiger charge is -2.35. The van der Waals surface area contributed by atoms with Crippen molar-refractivity contribution >= 4 is 11.8 Å². The van der Waals surface area contributed by atoms with Crippen LogP contribution >= 0.6 is 0 Å². The average Bonchev–Trinajstić information content (AvgIpc) is 2.28. The minimum Gasteiger partial charge on any atom is -0.480 e. The van der Waals surface area contributed by atoms with Crippen molar-refractivity contribution in [2.24, 2.45) is 0 Å². The van der Waals surface area contributed by atoms with Gasteiger partial charge in [-0.25, -0.2) is 9.78 Å². The molecule has 100 valence electrons. The number of likely N-dealkylation sites (N-methyl/N-ethyl adjacent to an activating group) is 1. The zero-order chi connectivity index (χ0) is 13.9. The molecule has 0 radical (unpaired) electrons. The van der Waals surface area contributed by atoms with Crippen molar-refractivity contribution in [2.45, 2.75) is 39.7 Å². The zero-order valence-electron chi connectivity index (χ0n) is 11.1. The fraction of sp³-hybridized carbons (Fsp3) is 0.583. The molecule has 1 rings (SSSR count). The van der Waals surface area contributed by atoms with Crippen LogP contribution in [0.15, 0.2) is 10.9 Å². The van der Waals surface area contributed by atoms with Gasteiger partial charge in [-0.05, 0) is 20.8 Å². The van der Waals surface area contributed by atoms with Gasteiger partial charge in [0.05, 0.1) is 0 Å². The molecule has 0 fully saturated rings. The van der Waals surface area contributed by atoms with Crippen LogP contribution in [0.1, 0.15) is 33.5 Å². The average molecular weight is 253 g/mol. The van der Waals surface area contributed by atoms with E-state index in [1.54, 1.807) is 18.7 Å². The number of aromatic amines is 1. The highest BCUT2D eigenvalue weighted by Gasteiger charge is 2.34. The molecule has 0 unspecified atom stereocenters. The van der Waals surface area contributed by atoms with Crippen LogP contribution in [0, 0.1) is 0 Å². The Morgan fingerprint density at radius 2 is 2.11 bits per heavy atom. The van der Waals surface area contributed by atoms with Gasteiger partial charge in [-0.2, -0.15) is 0 Å². The summed E-state index contributed by atoms with van der Waals surface area (Å²) in [5.41, 5.74) is -1.38. The van der Waals surface area contributed by atoms with Gasteiger partial charge in [-0.3, -0.25) is 4.79 Å². The third kappa shape index (κ3) is 2.69. The molecule has 1 aromatic rings. The second-order valence-electron chi connectivity index (χ2n) is 4.51. The summed E-state index contributed by atoms with van der Waals surface area (Å²) in [6.45, 7) is 7.35. The van der Waals surface area contributed by atoms with E-state index in [4.69, 9.17) is 0 Å². The highest BCUT2D eigenvalue weighted by Crippen LogP contribution is 2.21. The van der Waals surface area contributed by atoms with E-state index >= 15 is 0 Å². The molecule has 6 nitrogen and oxygen atoms in total. The molecule has 0 saturated heterocycles. The Bertz CT molecular complexity index is 494. The Hall–Kier alpha value is -1.85. The monoisotopic (exact) mass is 253 g/mol. The van der Waals surface area contributed by atoms with Crippen LogP contribution in [-0.2, 0) is 11.2 Å². The van der Waals surface area contributed by atoms with Crippen LogP contribution < -0.4 is 10.5 Å². The maximum Gasteiger partial charge on any atom is 0.328 e. The third-order valence-corrected chi connectivity index (χ3v) is 2.90. The molecule has 1 aromatic heterocycles. The molecule has 0 aliphatic rings. The molecule has 0 atom stereocenters. The SMILES string of the molecule is CCc1nc(N(CC)C(C)(C)C(=O)O)cc(=O)[nH]1. The van der Waals surface area contributed by atoms with Crippen molar-refractivity contribution in [3.8, 4) is 0 Å². The Balaban J connectivity index is 3.29. The summed E-state index contributed by atoms with van der Waals surface area (Å²) in [4.78, 5) is 31.3. The minimum atomic E-state index is -1.11. The maximum absolute atomic E-state index is 11.5. The molecule has 0 saturated carbocycles. The quantitative estimate of drug-likeness (QED) is 0.818. The van der Waals surface area contributed by atoms with Crippen LogP contribution in [0.3, 0.4) is 0 Å². The fourth-order valence-corrected chi connectivity index (χ4v) is 1.76. The Labute approximate surface area is 106 Å². The van der Waals surface area contributed by atoms with Gasteiger partial charge in [-0.1, -0.05) is 6.92 Å². The molecule has 0 spiro atoms. The van der Waals surface area contributed by atoms with E-state index < -0.39 is 11.5 Å². The Kier molecular flexibility index (Phi) is 4.11. The number of rotatable bonds is 5. The number of hydrogen-bond acceptors (Lipinski definition) is 4. The molecule has 18 heavy (non-hydrogen) atoms. The van der Waals surface area contributed by atoms with E-state index in [2.05, 4.69) is 9.97 Å². The zero-order valence-corrected chi connectivity index (χ0v) is 11.1. The molecule has 1 heterocycles. The number of H-pyrrole nitrogens is 1. The highest BCUT2D eigenvalue weighted by atomic mass is 16.4. The van der Waals surface area contributed by atoms with Gasteiger partial charge >= 0.3 is 5.97 Å². The smallest absolute Gasteiger partial charge is 0.328 e. The van der Waals surface area contributed by atoms with Crippen molar-refractivity contribution in [3.63, 3.8) is 0 Å². The molecule has 0 amide bonds. The van der Waals surface area contributed by atoms with Gasteiger partial charge in [-0.15, -0.1) is 0 Å². The van der Waals surface area contributed by atoms with E-state index in [9.17, 15) is 14.7 Å². The summed E-state index contributed by atoms with van der Waals surface area (Å²) >= 11 is 0. The van der Waals surface area contributed by atoms with E-state index in [1.807, 2.05) is 13.8 Å². The van der Waals surface area contributed by atoms with Gasteiger partial charge in [0.1, 0.15) is 17.2 Å². The van der Waals surface area contributed by atoms with Gasteiger partial charge < -0.3 is 15.0 Å². The van der Waals surface area contributed by atoms with Crippen molar-refractivity contribution in [1.82, 2.24) is 9.97 Å². The van der Waals surface area contributed by atoms with Gasteiger partial charge in [0.25, 0.3) is 5.56 Å². The highest BCUT2D eigenvalue weighted by molar-refractivity contribution is 5.82.